The van der Waals surface area contributed by atoms with Crippen LogP contribution in [0.15, 0.2) is 30.3 Å². The Hall–Kier alpha value is -1.88. The van der Waals surface area contributed by atoms with Crippen LogP contribution in [0, 0.1) is 6.92 Å². The number of aromatic nitrogens is 1. The molecule has 1 heterocycles. The summed E-state index contributed by atoms with van der Waals surface area (Å²) in [6.45, 7) is 4.69. The highest BCUT2D eigenvalue weighted by Crippen LogP contribution is 2.26. The fourth-order valence-electron chi connectivity index (χ4n) is 2.36. The molecule has 1 N–H and O–H groups in total. The van der Waals surface area contributed by atoms with Crippen molar-refractivity contribution >= 4 is 22.4 Å². The molecule has 0 unspecified atom stereocenters. The van der Waals surface area contributed by atoms with Crippen molar-refractivity contribution in [1.29, 1.82) is 0 Å². The number of aryl methyl sites for hydroxylation is 1. The molecule has 1 atom stereocenters. The minimum atomic E-state index is 0.0216. The van der Waals surface area contributed by atoms with Crippen molar-refractivity contribution < 1.29 is 4.79 Å². The highest BCUT2D eigenvalue weighted by Gasteiger charge is 2.22. The minimum Gasteiger partial charge on any atom is -0.378 e. The van der Waals surface area contributed by atoms with Crippen LogP contribution in [-0.4, -0.2) is 35.8 Å². The molecule has 2 rings (SSSR count). The van der Waals surface area contributed by atoms with Crippen LogP contribution in [-0.2, 0) is 0 Å². The van der Waals surface area contributed by atoms with Crippen molar-refractivity contribution in [2.75, 3.05) is 26.0 Å². The number of carbonyl (C=O) groups excluding carboxylic acids is 1. The van der Waals surface area contributed by atoms with Gasteiger partial charge in [0.15, 0.2) is 0 Å². The second kappa shape index (κ2) is 6.72. The van der Waals surface area contributed by atoms with E-state index in [4.69, 9.17) is 0 Å². The molecule has 112 valence electrons. The van der Waals surface area contributed by atoms with Crippen LogP contribution in [0.5, 0.6) is 0 Å². The molecule has 5 heteroatoms. The summed E-state index contributed by atoms with van der Waals surface area (Å²) in [6.07, 6.45) is 0. The summed E-state index contributed by atoms with van der Waals surface area (Å²) >= 11 is 1.33. The number of rotatable bonds is 5. The number of hydrogen-bond acceptors (Lipinski definition) is 4. The molecule has 0 spiro atoms. The van der Waals surface area contributed by atoms with Gasteiger partial charge in [-0.1, -0.05) is 37.3 Å². The van der Waals surface area contributed by atoms with E-state index in [1.807, 2.05) is 39.2 Å². The standard InChI is InChI=1S/C16H21N3OS/c1-11(13-8-6-5-7-9-13)10-19(4)16(20)14-12(2)18-21-15(14)17-3/h5-9,11,17H,10H2,1-4H3/t11-/m1/s1. The quantitative estimate of drug-likeness (QED) is 0.921. The van der Waals surface area contributed by atoms with Gasteiger partial charge in [0.05, 0.1) is 11.3 Å². The molecule has 0 aliphatic heterocycles. The van der Waals surface area contributed by atoms with Gasteiger partial charge >= 0.3 is 0 Å². The smallest absolute Gasteiger partial charge is 0.258 e. The molecule has 0 aliphatic carbocycles. The van der Waals surface area contributed by atoms with Crippen LogP contribution >= 0.6 is 11.5 Å². The number of nitrogens with one attached hydrogen (secondary N) is 1. The molecule has 0 saturated carbocycles. The first-order chi connectivity index (χ1) is 10.0. The topological polar surface area (TPSA) is 45.2 Å². The number of nitrogens with zero attached hydrogens (tertiary/aromatic N) is 2. The highest BCUT2D eigenvalue weighted by atomic mass is 32.1. The lowest BCUT2D eigenvalue weighted by Crippen LogP contribution is -2.31. The summed E-state index contributed by atoms with van der Waals surface area (Å²) in [6, 6.07) is 10.3. The van der Waals surface area contributed by atoms with Crippen LogP contribution in [0.4, 0.5) is 5.00 Å². The molecule has 1 aromatic heterocycles. The Morgan fingerprint density at radius 2 is 2.05 bits per heavy atom. The largest absolute Gasteiger partial charge is 0.378 e. The Balaban J connectivity index is 2.11. The summed E-state index contributed by atoms with van der Waals surface area (Å²) < 4.78 is 4.26. The van der Waals surface area contributed by atoms with Gasteiger partial charge in [0.1, 0.15) is 5.00 Å². The second-order valence-electron chi connectivity index (χ2n) is 5.22. The van der Waals surface area contributed by atoms with Gasteiger partial charge in [-0.3, -0.25) is 4.79 Å². The Bertz CT molecular complexity index is 609. The van der Waals surface area contributed by atoms with Gasteiger partial charge in [-0.25, -0.2) is 0 Å². The van der Waals surface area contributed by atoms with Gasteiger partial charge in [0.25, 0.3) is 5.91 Å². The molecule has 2 aromatic rings. The van der Waals surface area contributed by atoms with Gasteiger partial charge < -0.3 is 10.2 Å². The van der Waals surface area contributed by atoms with Gasteiger partial charge in [-0.2, -0.15) is 4.37 Å². The lowest BCUT2D eigenvalue weighted by Gasteiger charge is -2.22. The van der Waals surface area contributed by atoms with E-state index in [1.165, 1.54) is 17.1 Å². The van der Waals surface area contributed by atoms with Crippen molar-refractivity contribution in [3.05, 3.63) is 47.2 Å². The number of carbonyl (C=O) groups is 1. The Labute approximate surface area is 130 Å². The minimum absolute atomic E-state index is 0.0216. The molecule has 0 radical (unpaired) electrons. The van der Waals surface area contributed by atoms with Crippen molar-refractivity contribution in [1.82, 2.24) is 9.27 Å². The number of hydrogen-bond donors (Lipinski definition) is 1. The number of benzene rings is 1. The second-order valence-corrected chi connectivity index (χ2v) is 5.99. The highest BCUT2D eigenvalue weighted by molar-refractivity contribution is 7.10. The van der Waals surface area contributed by atoms with Crippen LogP contribution in [0.2, 0.25) is 0 Å². The summed E-state index contributed by atoms with van der Waals surface area (Å²) in [5.74, 6) is 0.318. The van der Waals surface area contributed by atoms with E-state index in [2.05, 4.69) is 28.7 Å². The lowest BCUT2D eigenvalue weighted by atomic mass is 10.0. The third-order valence-electron chi connectivity index (χ3n) is 3.57. The number of amides is 1. The summed E-state index contributed by atoms with van der Waals surface area (Å²) in [5, 5.41) is 3.88. The maximum absolute atomic E-state index is 12.6. The van der Waals surface area contributed by atoms with E-state index in [0.717, 1.165) is 10.7 Å². The maximum atomic E-state index is 12.6. The van der Waals surface area contributed by atoms with Crippen molar-refractivity contribution in [3.8, 4) is 0 Å². The monoisotopic (exact) mass is 303 g/mol. The lowest BCUT2D eigenvalue weighted by molar-refractivity contribution is 0.0788. The van der Waals surface area contributed by atoms with Gasteiger partial charge in [0, 0.05) is 20.6 Å². The van der Waals surface area contributed by atoms with E-state index >= 15 is 0 Å². The zero-order chi connectivity index (χ0) is 15.4. The van der Waals surface area contributed by atoms with Crippen LogP contribution < -0.4 is 5.32 Å². The molecule has 0 aliphatic rings. The first kappa shape index (κ1) is 15.5. The van der Waals surface area contributed by atoms with Crippen LogP contribution in [0.1, 0.15) is 34.5 Å². The van der Waals surface area contributed by atoms with Crippen LogP contribution in [0.3, 0.4) is 0 Å². The van der Waals surface area contributed by atoms with E-state index in [1.54, 1.807) is 4.90 Å². The van der Waals surface area contributed by atoms with E-state index < -0.39 is 0 Å². The van der Waals surface area contributed by atoms with Crippen molar-refractivity contribution in [3.63, 3.8) is 0 Å². The van der Waals surface area contributed by atoms with Crippen molar-refractivity contribution in [2.24, 2.45) is 0 Å². The third kappa shape index (κ3) is 3.42. The van der Waals surface area contributed by atoms with Gasteiger partial charge in [0.2, 0.25) is 0 Å². The molecule has 1 amide bonds. The average molecular weight is 303 g/mol. The average Bonchev–Trinajstić information content (AvgIpc) is 2.88. The predicted octanol–water partition coefficient (Wildman–Crippen LogP) is 3.37. The van der Waals surface area contributed by atoms with E-state index in [0.29, 0.717) is 18.0 Å². The van der Waals surface area contributed by atoms with Gasteiger partial charge in [-0.05, 0) is 29.9 Å². The molecule has 0 saturated heterocycles. The fourth-order valence-corrected chi connectivity index (χ4v) is 3.10. The molecular weight excluding hydrogens is 282 g/mol. The normalized spacial score (nSPS) is 12.0. The summed E-state index contributed by atoms with van der Waals surface area (Å²) in [5.41, 5.74) is 2.71. The Morgan fingerprint density at radius 3 is 2.67 bits per heavy atom. The zero-order valence-electron chi connectivity index (χ0n) is 12.9. The summed E-state index contributed by atoms with van der Waals surface area (Å²) in [7, 11) is 3.66. The zero-order valence-corrected chi connectivity index (χ0v) is 13.7. The Kier molecular flexibility index (Phi) is 4.96. The Morgan fingerprint density at radius 1 is 1.38 bits per heavy atom. The van der Waals surface area contributed by atoms with Crippen LogP contribution in [0.25, 0.3) is 0 Å². The SMILES string of the molecule is CNc1snc(C)c1C(=O)N(C)C[C@@H](C)c1ccccc1. The number of likely N-dealkylation sites (N-methyl/N-ethyl adjacent to an activating group) is 1. The van der Waals surface area contributed by atoms with Gasteiger partial charge in [-0.15, -0.1) is 0 Å². The third-order valence-corrected chi connectivity index (χ3v) is 4.52. The molecule has 4 nitrogen and oxygen atoms in total. The molecule has 0 bridgehead atoms. The molecule has 21 heavy (non-hydrogen) atoms. The maximum Gasteiger partial charge on any atom is 0.258 e. The first-order valence-electron chi connectivity index (χ1n) is 6.99. The molecular formula is C16H21N3OS. The first-order valence-corrected chi connectivity index (χ1v) is 7.76. The van der Waals surface area contributed by atoms with E-state index in [9.17, 15) is 4.79 Å². The number of anilines is 1. The van der Waals surface area contributed by atoms with E-state index in [-0.39, 0.29) is 5.91 Å². The summed E-state index contributed by atoms with van der Waals surface area (Å²) in [4.78, 5) is 14.4. The predicted molar refractivity (Wildman–Crippen MR) is 88.2 cm³/mol. The molecule has 0 fully saturated rings. The fraction of sp³-hybridized carbons (Fsp3) is 0.375. The van der Waals surface area contributed by atoms with Crippen molar-refractivity contribution in [2.45, 2.75) is 19.8 Å². The molecule has 1 aromatic carbocycles.